The minimum absolute atomic E-state index is 0.272. The molecule has 1 saturated heterocycles. The zero-order valence-electron chi connectivity index (χ0n) is 14.2. The van der Waals surface area contributed by atoms with Crippen LogP contribution in [0.25, 0.3) is 10.9 Å². The molecule has 1 aromatic carbocycles. The van der Waals surface area contributed by atoms with E-state index < -0.39 is 5.82 Å². The molecule has 26 heavy (non-hydrogen) atoms. The summed E-state index contributed by atoms with van der Waals surface area (Å²) in [5, 5.41) is 10.6. The lowest BCUT2D eigenvalue weighted by molar-refractivity contribution is 0.102. The number of rotatable bonds is 3. The molecular weight excluding hydrogens is 337 g/mol. The summed E-state index contributed by atoms with van der Waals surface area (Å²) in [6, 6.07) is 2.93. The van der Waals surface area contributed by atoms with Crippen molar-refractivity contribution >= 4 is 28.4 Å². The third kappa shape index (κ3) is 3.21. The van der Waals surface area contributed by atoms with Crippen molar-refractivity contribution in [2.45, 2.75) is 0 Å². The molecule has 0 aliphatic carbocycles. The van der Waals surface area contributed by atoms with Crippen LogP contribution in [0.15, 0.2) is 30.7 Å². The van der Waals surface area contributed by atoms with Gasteiger partial charge in [-0.15, -0.1) is 0 Å². The van der Waals surface area contributed by atoms with Crippen molar-refractivity contribution in [1.82, 2.24) is 25.1 Å². The second-order valence-corrected chi connectivity index (χ2v) is 6.16. The number of aromatic nitrogens is 4. The number of hydrogen-bond acceptors (Lipinski definition) is 6. The molecule has 0 bridgehead atoms. The molecule has 3 aromatic rings. The second kappa shape index (κ2) is 6.68. The van der Waals surface area contributed by atoms with Crippen molar-refractivity contribution in [3.05, 3.63) is 42.1 Å². The number of nitrogens with zero attached hydrogens (tertiary/aromatic N) is 5. The van der Waals surface area contributed by atoms with E-state index in [0.717, 1.165) is 26.2 Å². The number of aryl methyl sites for hydroxylation is 1. The van der Waals surface area contributed by atoms with Crippen LogP contribution < -0.4 is 15.5 Å². The number of fused-ring (bicyclic) bond motifs is 1. The normalized spacial score (nSPS) is 14.6. The number of halogens is 1. The monoisotopic (exact) mass is 355 g/mol. The van der Waals surface area contributed by atoms with E-state index in [2.05, 4.69) is 30.6 Å². The van der Waals surface area contributed by atoms with Crippen molar-refractivity contribution in [2.75, 3.05) is 36.4 Å². The fraction of sp³-hybridized carbons (Fsp3) is 0.294. The average Bonchev–Trinajstić information content (AvgIpc) is 3.03. The van der Waals surface area contributed by atoms with Gasteiger partial charge < -0.3 is 15.5 Å². The molecule has 3 heterocycles. The highest BCUT2D eigenvalue weighted by Crippen LogP contribution is 2.22. The van der Waals surface area contributed by atoms with Crippen LogP contribution in [0.2, 0.25) is 0 Å². The molecule has 1 fully saturated rings. The van der Waals surface area contributed by atoms with Crippen LogP contribution in [0.3, 0.4) is 0 Å². The van der Waals surface area contributed by atoms with Crippen LogP contribution in [0, 0.1) is 5.82 Å². The van der Waals surface area contributed by atoms with Crippen LogP contribution in [0.1, 0.15) is 10.4 Å². The molecule has 0 atom stereocenters. The number of carbonyl (C=O) groups excluding carboxylic acids is 1. The van der Waals surface area contributed by atoms with Gasteiger partial charge in [-0.05, 0) is 12.1 Å². The molecule has 9 heteroatoms. The molecule has 2 aromatic heterocycles. The lowest BCUT2D eigenvalue weighted by atomic mass is 10.2. The van der Waals surface area contributed by atoms with Crippen LogP contribution in [0.4, 0.5) is 16.0 Å². The molecule has 2 N–H and O–H groups in total. The summed E-state index contributed by atoms with van der Waals surface area (Å²) < 4.78 is 15.6. The molecule has 1 aliphatic rings. The smallest absolute Gasteiger partial charge is 0.258 e. The fourth-order valence-corrected chi connectivity index (χ4v) is 2.95. The third-order valence-corrected chi connectivity index (χ3v) is 4.23. The van der Waals surface area contributed by atoms with E-state index in [4.69, 9.17) is 0 Å². The third-order valence-electron chi connectivity index (χ3n) is 4.23. The maximum Gasteiger partial charge on any atom is 0.258 e. The largest absolute Gasteiger partial charge is 0.338 e. The Labute approximate surface area is 149 Å². The van der Waals surface area contributed by atoms with E-state index in [-0.39, 0.29) is 11.4 Å². The standard InChI is InChI=1S/C17H18FN7O/c1-24-10-11-6-13(7-14(18)15(11)23-24)22-16(26)12-8-20-17(21-9-12)25-4-2-19-3-5-25/h6-10,19H,2-5H2,1H3,(H,22,26). The summed E-state index contributed by atoms with van der Waals surface area (Å²) in [5.41, 5.74) is 0.948. The van der Waals surface area contributed by atoms with E-state index in [1.807, 2.05) is 0 Å². The highest BCUT2D eigenvalue weighted by molar-refractivity contribution is 6.04. The average molecular weight is 355 g/mol. The molecule has 134 valence electrons. The number of hydrogen-bond donors (Lipinski definition) is 2. The summed E-state index contributed by atoms with van der Waals surface area (Å²) >= 11 is 0. The first-order chi connectivity index (χ1) is 12.6. The Hall–Kier alpha value is -3.07. The van der Waals surface area contributed by atoms with Gasteiger partial charge in [0, 0.05) is 62.9 Å². The van der Waals surface area contributed by atoms with Gasteiger partial charge in [0.1, 0.15) is 5.52 Å². The van der Waals surface area contributed by atoms with Crippen LogP contribution in [-0.4, -0.2) is 51.8 Å². The molecule has 0 spiro atoms. The Morgan fingerprint density at radius 3 is 2.69 bits per heavy atom. The predicted octanol–water partition coefficient (Wildman–Crippen LogP) is 1.16. The highest BCUT2D eigenvalue weighted by atomic mass is 19.1. The fourth-order valence-electron chi connectivity index (χ4n) is 2.95. The van der Waals surface area contributed by atoms with E-state index in [1.165, 1.54) is 23.1 Å². The van der Waals surface area contributed by atoms with Gasteiger partial charge in [-0.25, -0.2) is 14.4 Å². The van der Waals surface area contributed by atoms with Gasteiger partial charge in [-0.2, -0.15) is 5.10 Å². The van der Waals surface area contributed by atoms with Gasteiger partial charge >= 0.3 is 0 Å². The van der Waals surface area contributed by atoms with Crippen LogP contribution >= 0.6 is 0 Å². The molecule has 0 saturated carbocycles. The van der Waals surface area contributed by atoms with E-state index in [9.17, 15) is 9.18 Å². The molecular formula is C17H18FN7O. The SMILES string of the molecule is Cn1cc2cc(NC(=O)c3cnc(N4CCNCC4)nc3)cc(F)c2n1. The summed E-state index contributed by atoms with van der Waals surface area (Å²) in [6.07, 6.45) is 4.66. The predicted molar refractivity (Wildman–Crippen MR) is 95.7 cm³/mol. The summed E-state index contributed by atoms with van der Waals surface area (Å²) in [6.45, 7) is 3.42. The topological polar surface area (TPSA) is 88.0 Å². The number of piperazine rings is 1. The first-order valence-electron chi connectivity index (χ1n) is 8.32. The van der Waals surface area contributed by atoms with E-state index in [0.29, 0.717) is 22.6 Å². The molecule has 8 nitrogen and oxygen atoms in total. The Kier molecular flexibility index (Phi) is 4.21. The summed E-state index contributed by atoms with van der Waals surface area (Å²) in [5.74, 6) is -0.269. The van der Waals surface area contributed by atoms with Crippen LogP contribution in [-0.2, 0) is 7.05 Å². The quantitative estimate of drug-likeness (QED) is 0.733. The van der Waals surface area contributed by atoms with Crippen molar-refractivity contribution < 1.29 is 9.18 Å². The van der Waals surface area contributed by atoms with Gasteiger partial charge in [-0.3, -0.25) is 9.48 Å². The van der Waals surface area contributed by atoms with Gasteiger partial charge in [0.2, 0.25) is 5.95 Å². The highest BCUT2D eigenvalue weighted by Gasteiger charge is 2.15. The minimum atomic E-state index is -0.483. The number of anilines is 2. The maximum atomic E-state index is 14.1. The zero-order valence-corrected chi connectivity index (χ0v) is 14.2. The summed E-state index contributed by atoms with van der Waals surface area (Å²) in [7, 11) is 1.72. The molecule has 0 radical (unpaired) electrons. The molecule has 4 rings (SSSR count). The zero-order chi connectivity index (χ0) is 18.1. The Morgan fingerprint density at radius 1 is 1.23 bits per heavy atom. The van der Waals surface area contributed by atoms with Crippen molar-refractivity contribution in [1.29, 1.82) is 0 Å². The number of nitrogens with one attached hydrogen (secondary N) is 2. The van der Waals surface area contributed by atoms with Gasteiger partial charge in [-0.1, -0.05) is 0 Å². The van der Waals surface area contributed by atoms with Crippen molar-refractivity contribution in [3.8, 4) is 0 Å². The Balaban J connectivity index is 1.51. The number of benzene rings is 1. The van der Waals surface area contributed by atoms with Crippen LogP contribution in [0.5, 0.6) is 0 Å². The molecule has 0 unspecified atom stereocenters. The lowest BCUT2D eigenvalue weighted by Crippen LogP contribution is -2.44. The molecule has 1 amide bonds. The minimum Gasteiger partial charge on any atom is -0.338 e. The van der Waals surface area contributed by atoms with E-state index >= 15 is 0 Å². The van der Waals surface area contributed by atoms with Crippen molar-refractivity contribution in [2.24, 2.45) is 7.05 Å². The van der Waals surface area contributed by atoms with E-state index in [1.54, 1.807) is 19.3 Å². The Bertz CT molecular complexity index is 948. The van der Waals surface area contributed by atoms with Gasteiger partial charge in [0.15, 0.2) is 5.82 Å². The lowest BCUT2D eigenvalue weighted by Gasteiger charge is -2.27. The number of carbonyl (C=O) groups is 1. The second-order valence-electron chi connectivity index (χ2n) is 6.16. The van der Waals surface area contributed by atoms with Crippen molar-refractivity contribution in [3.63, 3.8) is 0 Å². The first-order valence-corrected chi connectivity index (χ1v) is 8.32. The maximum absolute atomic E-state index is 14.1. The van der Waals surface area contributed by atoms with Gasteiger partial charge in [0.25, 0.3) is 5.91 Å². The Morgan fingerprint density at radius 2 is 1.96 bits per heavy atom. The number of amides is 1. The summed E-state index contributed by atoms with van der Waals surface area (Å²) in [4.78, 5) is 23.0. The first kappa shape index (κ1) is 16.4. The molecule has 1 aliphatic heterocycles. The van der Waals surface area contributed by atoms with Gasteiger partial charge in [0.05, 0.1) is 5.56 Å².